The fourth-order valence-corrected chi connectivity index (χ4v) is 1.68. The van der Waals surface area contributed by atoms with Crippen LogP contribution in [0.25, 0.3) is 10.7 Å². The second kappa shape index (κ2) is 4.82. The third-order valence-electron chi connectivity index (χ3n) is 2.37. The molecule has 2 aromatic rings. The van der Waals surface area contributed by atoms with E-state index in [0.717, 1.165) is 11.3 Å². The average molecular weight is 269 g/mol. The minimum Gasteiger partial charge on any atom is -0.289 e. The molecule has 0 aliphatic carbocycles. The number of nitrogens with one attached hydrogen (secondary N) is 1. The molecule has 0 saturated carbocycles. The highest BCUT2D eigenvalue weighted by molar-refractivity contribution is 6.52. The molecule has 3 nitrogen and oxygen atoms in total. The zero-order valence-corrected chi connectivity index (χ0v) is 10.6. The number of hydrogen-bond donors (Lipinski definition) is 1. The summed E-state index contributed by atoms with van der Waals surface area (Å²) in [5.74, 6) is 0. The third-order valence-corrected chi connectivity index (χ3v) is 3.01. The summed E-state index contributed by atoms with van der Waals surface area (Å²) >= 11 is 11.3. The van der Waals surface area contributed by atoms with E-state index in [0.29, 0.717) is 10.7 Å². The molecule has 1 heterocycles. The van der Waals surface area contributed by atoms with E-state index < -0.39 is 0 Å². The molecule has 17 heavy (non-hydrogen) atoms. The van der Waals surface area contributed by atoms with Gasteiger partial charge in [0.05, 0.1) is 16.4 Å². The monoisotopic (exact) mass is 268 g/mol. The van der Waals surface area contributed by atoms with Crippen molar-refractivity contribution in [1.29, 1.82) is 0 Å². The first kappa shape index (κ1) is 12.0. The Morgan fingerprint density at radius 3 is 2.59 bits per heavy atom. The highest BCUT2D eigenvalue weighted by Crippen LogP contribution is 2.17. The van der Waals surface area contributed by atoms with Crippen LogP contribution in [-0.4, -0.2) is 9.78 Å². The molecule has 0 saturated heterocycles. The lowest BCUT2D eigenvalue weighted by molar-refractivity contribution is 0.844. The first-order valence-corrected chi connectivity index (χ1v) is 5.78. The van der Waals surface area contributed by atoms with Gasteiger partial charge in [-0.25, -0.2) is 4.68 Å². The van der Waals surface area contributed by atoms with Crippen molar-refractivity contribution in [2.24, 2.45) is 0 Å². The van der Waals surface area contributed by atoms with Crippen molar-refractivity contribution < 1.29 is 0 Å². The lowest BCUT2D eigenvalue weighted by Gasteiger charge is -2.02. The van der Waals surface area contributed by atoms with Gasteiger partial charge in [-0.05, 0) is 19.1 Å². The van der Waals surface area contributed by atoms with Gasteiger partial charge < -0.3 is 0 Å². The van der Waals surface area contributed by atoms with Gasteiger partial charge in [0, 0.05) is 11.6 Å². The lowest BCUT2D eigenvalue weighted by Crippen LogP contribution is -2.13. The van der Waals surface area contributed by atoms with E-state index in [1.165, 1.54) is 16.3 Å². The summed E-state index contributed by atoms with van der Waals surface area (Å²) in [5, 5.41) is 3.19. The van der Waals surface area contributed by atoms with Crippen LogP contribution in [0.2, 0.25) is 0 Å². The van der Waals surface area contributed by atoms with Gasteiger partial charge in [-0.15, -0.1) is 0 Å². The Bertz CT molecular complexity index is 608. The third kappa shape index (κ3) is 2.46. The molecule has 1 N–H and O–H groups in total. The van der Waals surface area contributed by atoms with Crippen molar-refractivity contribution in [3.05, 3.63) is 57.5 Å². The maximum absolute atomic E-state index is 11.7. The molecule has 0 atom stereocenters. The van der Waals surface area contributed by atoms with E-state index in [1.54, 1.807) is 0 Å². The van der Waals surface area contributed by atoms with Crippen LogP contribution in [0.1, 0.15) is 11.3 Å². The maximum atomic E-state index is 11.7. The van der Waals surface area contributed by atoms with Crippen LogP contribution in [-0.2, 0) is 0 Å². The number of benzene rings is 1. The second-order valence-electron chi connectivity index (χ2n) is 3.64. The highest BCUT2D eigenvalue weighted by atomic mass is 35.5. The minimum atomic E-state index is -0.180. The van der Waals surface area contributed by atoms with Gasteiger partial charge in [0.15, 0.2) is 0 Å². The Kier molecular flexibility index (Phi) is 3.41. The number of rotatable bonds is 2. The van der Waals surface area contributed by atoms with Crippen molar-refractivity contribution in [2.75, 3.05) is 0 Å². The molecule has 0 fully saturated rings. The van der Waals surface area contributed by atoms with Gasteiger partial charge in [0.25, 0.3) is 5.56 Å². The minimum absolute atomic E-state index is 0.180. The van der Waals surface area contributed by atoms with E-state index in [4.69, 9.17) is 23.2 Å². The highest BCUT2D eigenvalue weighted by Gasteiger charge is 2.07. The Balaban J connectivity index is 2.50. The normalized spacial score (nSPS) is 11.8. The molecule has 0 radical (unpaired) electrons. The predicted molar refractivity (Wildman–Crippen MR) is 70.8 cm³/mol. The molecule has 0 aliphatic rings. The van der Waals surface area contributed by atoms with Gasteiger partial charge in [-0.2, -0.15) is 0 Å². The number of hydrogen-bond acceptors (Lipinski definition) is 1. The van der Waals surface area contributed by atoms with Gasteiger partial charge in [0.2, 0.25) is 0 Å². The van der Waals surface area contributed by atoms with Crippen LogP contribution in [0.15, 0.2) is 40.7 Å². The summed E-state index contributed by atoms with van der Waals surface area (Å²) in [4.78, 5) is 11.7. The number of H-pyrrole nitrogens is 1. The van der Waals surface area contributed by atoms with Gasteiger partial charge in [-0.3, -0.25) is 9.89 Å². The number of nitrogens with zero attached hydrogens (tertiary/aromatic N) is 1. The van der Waals surface area contributed by atoms with E-state index >= 15 is 0 Å². The summed E-state index contributed by atoms with van der Waals surface area (Å²) < 4.78 is 1.41. The zero-order valence-electron chi connectivity index (χ0n) is 9.08. The van der Waals surface area contributed by atoms with Crippen molar-refractivity contribution in [3.63, 3.8) is 0 Å². The molecule has 88 valence electrons. The van der Waals surface area contributed by atoms with Crippen LogP contribution in [0, 0.1) is 6.92 Å². The van der Waals surface area contributed by atoms with E-state index in [-0.39, 0.29) is 5.56 Å². The molecular weight excluding hydrogens is 259 g/mol. The Hall–Kier alpha value is -1.45. The molecular formula is C12H10Cl2N2O. The van der Waals surface area contributed by atoms with Crippen molar-refractivity contribution in [3.8, 4) is 5.69 Å². The summed E-state index contributed by atoms with van der Waals surface area (Å²) in [6.45, 7) is 1.99. The first-order valence-electron chi connectivity index (χ1n) is 4.97. The standard InChI is InChI=1S/C12H10Cl2N2O/c1-8-2-4-9(5-3-8)16-12(17)6-11(15-16)10(14)7-13/h2-7,15H,1H3. The summed E-state index contributed by atoms with van der Waals surface area (Å²) in [6.07, 6.45) is 0. The second-order valence-corrected chi connectivity index (χ2v) is 4.26. The number of halogens is 2. The fourth-order valence-electron chi connectivity index (χ4n) is 1.46. The van der Waals surface area contributed by atoms with E-state index in [1.807, 2.05) is 31.2 Å². The molecule has 5 heteroatoms. The smallest absolute Gasteiger partial charge is 0.271 e. The molecule has 1 aromatic heterocycles. The lowest BCUT2D eigenvalue weighted by atomic mass is 10.2. The predicted octanol–water partition coefficient (Wildman–Crippen LogP) is 3.25. The molecule has 0 bridgehead atoms. The molecule has 0 unspecified atom stereocenters. The Morgan fingerprint density at radius 2 is 2.00 bits per heavy atom. The van der Waals surface area contributed by atoms with Crippen LogP contribution >= 0.6 is 23.2 Å². The maximum Gasteiger partial charge on any atom is 0.271 e. The fraction of sp³-hybridized carbons (Fsp3) is 0.0833. The Labute approximate surface area is 108 Å². The van der Waals surface area contributed by atoms with Crippen molar-refractivity contribution >= 4 is 28.2 Å². The zero-order chi connectivity index (χ0) is 12.4. The molecule has 2 rings (SSSR count). The Morgan fingerprint density at radius 1 is 1.35 bits per heavy atom. The van der Waals surface area contributed by atoms with E-state index in [2.05, 4.69) is 5.10 Å². The largest absolute Gasteiger partial charge is 0.289 e. The number of aromatic nitrogens is 2. The van der Waals surface area contributed by atoms with Gasteiger partial charge in [-0.1, -0.05) is 40.9 Å². The topological polar surface area (TPSA) is 37.8 Å². The molecule has 0 spiro atoms. The van der Waals surface area contributed by atoms with Crippen LogP contribution < -0.4 is 5.56 Å². The average Bonchev–Trinajstić information content (AvgIpc) is 2.71. The van der Waals surface area contributed by atoms with Crippen molar-refractivity contribution in [2.45, 2.75) is 6.92 Å². The molecule has 0 amide bonds. The summed E-state index contributed by atoms with van der Waals surface area (Å²) in [6, 6.07) is 8.98. The first-order chi connectivity index (χ1) is 8.11. The van der Waals surface area contributed by atoms with Crippen molar-refractivity contribution in [1.82, 2.24) is 9.78 Å². The van der Waals surface area contributed by atoms with Gasteiger partial charge in [0.1, 0.15) is 0 Å². The summed E-state index contributed by atoms with van der Waals surface area (Å²) in [5.41, 5.74) is 3.41. The SMILES string of the molecule is Cc1ccc(-n2[nH]c(C(Cl)=CCl)cc2=O)cc1. The van der Waals surface area contributed by atoms with E-state index in [9.17, 15) is 4.79 Å². The van der Waals surface area contributed by atoms with Crippen LogP contribution in [0.4, 0.5) is 0 Å². The number of aryl methyl sites for hydroxylation is 1. The molecule has 1 aromatic carbocycles. The van der Waals surface area contributed by atoms with Crippen LogP contribution in [0.5, 0.6) is 0 Å². The molecule has 0 aliphatic heterocycles. The summed E-state index contributed by atoms with van der Waals surface area (Å²) in [7, 11) is 0. The van der Waals surface area contributed by atoms with Crippen LogP contribution in [0.3, 0.4) is 0 Å². The van der Waals surface area contributed by atoms with Gasteiger partial charge >= 0.3 is 0 Å². The number of aromatic amines is 1. The quantitative estimate of drug-likeness (QED) is 0.892.